The van der Waals surface area contributed by atoms with E-state index in [2.05, 4.69) is 10.3 Å². The summed E-state index contributed by atoms with van der Waals surface area (Å²) in [5.74, 6) is 2.26. The van der Waals surface area contributed by atoms with Crippen molar-refractivity contribution in [3.63, 3.8) is 0 Å². The van der Waals surface area contributed by atoms with Gasteiger partial charge in [0.05, 0.1) is 11.8 Å². The number of rotatable bonds is 5. The Morgan fingerprint density at radius 1 is 0.933 bits per heavy atom. The fourth-order valence-corrected chi connectivity index (χ4v) is 3.33. The lowest BCUT2D eigenvalue weighted by atomic mass is 10.1. The second-order valence-electron chi connectivity index (χ2n) is 6.81. The van der Waals surface area contributed by atoms with Crippen molar-refractivity contribution in [3.05, 3.63) is 90.1 Å². The molecule has 1 aromatic heterocycles. The summed E-state index contributed by atoms with van der Waals surface area (Å²) in [5.41, 5.74) is 3.00. The minimum atomic E-state index is -0.206. The van der Waals surface area contributed by atoms with Crippen molar-refractivity contribution in [2.45, 2.75) is 6.54 Å². The molecule has 30 heavy (non-hydrogen) atoms. The summed E-state index contributed by atoms with van der Waals surface area (Å²) in [7, 11) is 0. The number of benzene rings is 3. The number of hydrogen-bond donors (Lipinski definition) is 1. The number of nitrogens with zero attached hydrogens (tertiary/aromatic N) is 1. The van der Waals surface area contributed by atoms with Crippen LogP contribution in [0.5, 0.6) is 11.5 Å². The number of oxazole rings is 1. The number of carbonyl (C=O) groups excluding carboxylic acids is 1. The Hall–Kier alpha value is -4.06. The van der Waals surface area contributed by atoms with E-state index in [0.29, 0.717) is 40.8 Å². The number of aromatic nitrogens is 1. The summed E-state index contributed by atoms with van der Waals surface area (Å²) in [4.78, 5) is 17.3. The van der Waals surface area contributed by atoms with Gasteiger partial charge < -0.3 is 19.2 Å². The van der Waals surface area contributed by atoms with Crippen LogP contribution in [0.4, 0.5) is 0 Å². The molecule has 1 aliphatic rings. The van der Waals surface area contributed by atoms with Crippen LogP contribution in [0.3, 0.4) is 0 Å². The van der Waals surface area contributed by atoms with Crippen LogP contribution in [0.15, 0.2) is 83.4 Å². The first-order valence-electron chi connectivity index (χ1n) is 9.55. The van der Waals surface area contributed by atoms with Crippen LogP contribution in [0.25, 0.3) is 22.8 Å². The van der Waals surface area contributed by atoms with E-state index in [1.165, 1.54) is 0 Å². The van der Waals surface area contributed by atoms with E-state index in [0.717, 1.165) is 11.1 Å². The Balaban J connectivity index is 1.36. The van der Waals surface area contributed by atoms with Gasteiger partial charge in [-0.05, 0) is 29.8 Å². The Morgan fingerprint density at radius 2 is 1.73 bits per heavy atom. The van der Waals surface area contributed by atoms with Gasteiger partial charge in [0.25, 0.3) is 5.91 Å². The van der Waals surface area contributed by atoms with Crippen molar-refractivity contribution < 1.29 is 18.7 Å². The van der Waals surface area contributed by atoms with Gasteiger partial charge in [0.15, 0.2) is 17.3 Å². The maximum Gasteiger partial charge on any atom is 0.252 e. The molecule has 1 N–H and O–H groups in total. The van der Waals surface area contributed by atoms with Crippen LogP contribution in [0.2, 0.25) is 0 Å². The van der Waals surface area contributed by atoms with Crippen molar-refractivity contribution in [2.75, 3.05) is 6.79 Å². The number of nitrogens with one attached hydrogen (secondary N) is 1. The molecular weight excluding hydrogens is 380 g/mol. The zero-order valence-electron chi connectivity index (χ0n) is 16.0. The Kier molecular flexibility index (Phi) is 4.65. The molecule has 1 aliphatic heterocycles. The first-order valence-corrected chi connectivity index (χ1v) is 9.55. The van der Waals surface area contributed by atoms with Gasteiger partial charge in [-0.3, -0.25) is 4.79 Å². The van der Waals surface area contributed by atoms with Crippen molar-refractivity contribution >= 4 is 5.91 Å². The van der Waals surface area contributed by atoms with Gasteiger partial charge >= 0.3 is 0 Å². The molecule has 0 radical (unpaired) electrons. The Labute approximate surface area is 173 Å². The van der Waals surface area contributed by atoms with Gasteiger partial charge in [0, 0.05) is 17.7 Å². The van der Waals surface area contributed by atoms with Crippen LogP contribution >= 0.6 is 0 Å². The molecule has 3 aromatic carbocycles. The number of fused-ring (bicyclic) bond motifs is 1. The molecule has 4 aromatic rings. The maximum absolute atomic E-state index is 12.9. The third kappa shape index (κ3) is 3.51. The second-order valence-corrected chi connectivity index (χ2v) is 6.81. The lowest BCUT2D eigenvalue weighted by Gasteiger charge is -2.09. The molecule has 0 unspecified atom stereocenters. The fraction of sp³-hybridized carbons (Fsp3) is 0.0833. The first kappa shape index (κ1) is 18.0. The van der Waals surface area contributed by atoms with E-state index in [1.807, 2.05) is 66.7 Å². The van der Waals surface area contributed by atoms with E-state index >= 15 is 0 Å². The zero-order valence-corrected chi connectivity index (χ0v) is 16.0. The highest BCUT2D eigenvalue weighted by molar-refractivity contribution is 6.00. The van der Waals surface area contributed by atoms with Gasteiger partial charge in [-0.2, -0.15) is 0 Å². The molecular formula is C24H18N2O4. The predicted molar refractivity (Wildman–Crippen MR) is 111 cm³/mol. The normalized spacial score (nSPS) is 12.0. The van der Waals surface area contributed by atoms with Gasteiger partial charge in [-0.25, -0.2) is 4.98 Å². The summed E-state index contributed by atoms with van der Waals surface area (Å²) in [6.45, 7) is 0.588. The lowest BCUT2D eigenvalue weighted by Crippen LogP contribution is -2.23. The van der Waals surface area contributed by atoms with Crippen molar-refractivity contribution in [1.82, 2.24) is 10.3 Å². The van der Waals surface area contributed by atoms with E-state index in [1.54, 1.807) is 12.3 Å². The highest BCUT2D eigenvalue weighted by Gasteiger charge is 2.18. The van der Waals surface area contributed by atoms with Crippen molar-refractivity contribution in [1.29, 1.82) is 0 Å². The molecule has 0 spiro atoms. The van der Waals surface area contributed by atoms with Crippen LogP contribution in [-0.4, -0.2) is 17.7 Å². The molecule has 0 fully saturated rings. The SMILES string of the molecule is O=C(NCc1ccc2c(c1)OCO2)c1ccccc1-c1ncc(-c2ccccc2)o1. The molecule has 148 valence electrons. The summed E-state index contributed by atoms with van der Waals surface area (Å²) in [6.07, 6.45) is 1.67. The van der Waals surface area contributed by atoms with Crippen molar-refractivity contribution in [2.24, 2.45) is 0 Å². The zero-order chi connectivity index (χ0) is 20.3. The number of hydrogen-bond acceptors (Lipinski definition) is 5. The Morgan fingerprint density at radius 3 is 2.63 bits per heavy atom. The molecule has 5 rings (SSSR count). The molecule has 0 saturated carbocycles. The average Bonchev–Trinajstić information content (AvgIpc) is 3.47. The molecule has 6 heteroatoms. The summed E-state index contributed by atoms with van der Waals surface area (Å²) in [6, 6.07) is 22.6. The maximum atomic E-state index is 12.9. The van der Waals surface area contributed by atoms with Crippen LogP contribution in [-0.2, 0) is 6.54 Å². The smallest absolute Gasteiger partial charge is 0.252 e. The third-order valence-electron chi connectivity index (χ3n) is 4.86. The first-order chi connectivity index (χ1) is 14.8. The molecule has 1 amide bonds. The van der Waals surface area contributed by atoms with E-state index in [-0.39, 0.29) is 12.7 Å². The number of carbonyl (C=O) groups is 1. The number of amides is 1. The summed E-state index contributed by atoms with van der Waals surface area (Å²) in [5, 5.41) is 2.95. The summed E-state index contributed by atoms with van der Waals surface area (Å²) >= 11 is 0. The summed E-state index contributed by atoms with van der Waals surface area (Å²) < 4.78 is 16.6. The van der Waals surface area contributed by atoms with E-state index in [4.69, 9.17) is 13.9 Å². The van der Waals surface area contributed by atoms with Gasteiger partial charge in [-0.1, -0.05) is 48.5 Å². The van der Waals surface area contributed by atoms with Gasteiger partial charge in [-0.15, -0.1) is 0 Å². The molecule has 0 atom stereocenters. The standard InChI is InChI=1S/C24H18N2O4/c27-23(25-13-16-10-11-20-21(12-16)29-15-28-20)18-8-4-5-9-19(18)24-26-14-22(30-24)17-6-2-1-3-7-17/h1-12,14H,13,15H2,(H,25,27). The molecule has 0 saturated heterocycles. The highest BCUT2D eigenvalue weighted by atomic mass is 16.7. The minimum Gasteiger partial charge on any atom is -0.454 e. The molecule has 0 bridgehead atoms. The second kappa shape index (κ2) is 7.75. The predicted octanol–water partition coefficient (Wildman–Crippen LogP) is 4.67. The highest BCUT2D eigenvalue weighted by Crippen LogP contribution is 2.32. The molecule has 6 nitrogen and oxygen atoms in total. The largest absolute Gasteiger partial charge is 0.454 e. The van der Waals surface area contributed by atoms with Crippen LogP contribution in [0, 0.1) is 0 Å². The van der Waals surface area contributed by atoms with Crippen LogP contribution in [0.1, 0.15) is 15.9 Å². The lowest BCUT2D eigenvalue weighted by molar-refractivity contribution is 0.0951. The third-order valence-corrected chi connectivity index (χ3v) is 4.86. The average molecular weight is 398 g/mol. The van der Waals surface area contributed by atoms with Gasteiger partial charge in [0.2, 0.25) is 12.7 Å². The fourth-order valence-electron chi connectivity index (χ4n) is 3.33. The monoisotopic (exact) mass is 398 g/mol. The minimum absolute atomic E-state index is 0.206. The topological polar surface area (TPSA) is 73.6 Å². The van der Waals surface area contributed by atoms with Crippen molar-refractivity contribution in [3.8, 4) is 34.3 Å². The Bertz CT molecular complexity index is 1200. The van der Waals surface area contributed by atoms with E-state index < -0.39 is 0 Å². The molecule has 2 heterocycles. The number of ether oxygens (including phenoxy) is 2. The van der Waals surface area contributed by atoms with E-state index in [9.17, 15) is 4.79 Å². The molecule has 0 aliphatic carbocycles. The quantitative estimate of drug-likeness (QED) is 0.529. The van der Waals surface area contributed by atoms with Gasteiger partial charge in [0.1, 0.15) is 0 Å². The van der Waals surface area contributed by atoms with Crippen LogP contribution < -0.4 is 14.8 Å².